The number of halogens is 2. The van der Waals surface area contributed by atoms with Crippen molar-refractivity contribution in [3.05, 3.63) is 56.2 Å². The number of amides is 1. The molecule has 1 amide bonds. The first-order valence-electron chi connectivity index (χ1n) is 5.47. The van der Waals surface area contributed by atoms with Gasteiger partial charge in [0.25, 0.3) is 11.5 Å². The Morgan fingerprint density at radius 2 is 1.86 bits per heavy atom. The molecular formula is C12H7Cl2N3O4. The van der Waals surface area contributed by atoms with Crippen LogP contribution in [0.1, 0.15) is 20.8 Å². The Morgan fingerprint density at radius 1 is 1.24 bits per heavy atom. The van der Waals surface area contributed by atoms with Crippen molar-refractivity contribution in [1.82, 2.24) is 9.97 Å². The zero-order chi connectivity index (χ0) is 15.6. The molecular weight excluding hydrogens is 321 g/mol. The fourth-order valence-electron chi connectivity index (χ4n) is 1.46. The first kappa shape index (κ1) is 15.0. The minimum absolute atomic E-state index is 0.0299. The lowest BCUT2D eigenvalue weighted by Crippen LogP contribution is -2.17. The third-order valence-corrected chi connectivity index (χ3v) is 3.03. The Kier molecular flexibility index (Phi) is 4.25. The number of hydrogen-bond acceptors (Lipinski definition) is 4. The van der Waals surface area contributed by atoms with Crippen LogP contribution in [0, 0.1) is 0 Å². The molecule has 1 aromatic heterocycles. The second-order valence-electron chi connectivity index (χ2n) is 3.87. The predicted octanol–water partition coefficient (Wildman–Crippen LogP) is 2.03. The highest BCUT2D eigenvalue weighted by Crippen LogP contribution is 2.32. The maximum absolute atomic E-state index is 11.9. The van der Waals surface area contributed by atoms with Gasteiger partial charge >= 0.3 is 5.97 Å². The quantitative estimate of drug-likeness (QED) is 0.798. The van der Waals surface area contributed by atoms with Crippen LogP contribution < -0.4 is 10.9 Å². The van der Waals surface area contributed by atoms with Crippen LogP contribution in [0.3, 0.4) is 0 Å². The summed E-state index contributed by atoms with van der Waals surface area (Å²) in [7, 11) is 0. The van der Waals surface area contributed by atoms with E-state index in [1.165, 1.54) is 0 Å². The number of aromatic carboxylic acids is 1. The van der Waals surface area contributed by atoms with E-state index >= 15 is 0 Å². The lowest BCUT2D eigenvalue weighted by Gasteiger charge is -2.09. The van der Waals surface area contributed by atoms with E-state index < -0.39 is 17.4 Å². The lowest BCUT2D eigenvalue weighted by molar-refractivity contribution is 0.0696. The van der Waals surface area contributed by atoms with Crippen molar-refractivity contribution in [2.24, 2.45) is 0 Å². The molecule has 0 spiro atoms. The summed E-state index contributed by atoms with van der Waals surface area (Å²) in [6.45, 7) is 0. The predicted molar refractivity (Wildman–Crippen MR) is 76.2 cm³/mol. The molecule has 0 aliphatic heterocycles. The number of hydrogen-bond donors (Lipinski definition) is 3. The summed E-state index contributed by atoms with van der Waals surface area (Å²) in [5.41, 5.74) is -0.552. The molecule has 2 aromatic rings. The van der Waals surface area contributed by atoms with Crippen LogP contribution in [-0.2, 0) is 0 Å². The van der Waals surface area contributed by atoms with E-state index in [-0.39, 0.29) is 27.0 Å². The number of aromatic nitrogens is 2. The van der Waals surface area contributed by atoms with Crippen LogP contribution in [0.4, 0.5) is 5.69 Å². The van der Waals surface area contributed by atoms with Crippen molar-refractivity contribution in [1.29, 1.82) is 0 Å². The van der Waals surface area contributed by atoms with E-state index in [0.29, 0.717) is 0 Å². The number of carboxylic acids is 1. The molecule has 0 unspecified atom stereocenters. The molecule has 0 radical (unpaired) electrons. The average molecular weight is 328 g/mol. The van der Waals surface area contributed by atoms with Gasteiger partial charge in [-0.25, -0.2) is 9.78 Å². The zero-order valence-corrected chi connectivity index (χ0v) is 11.7. The number of benzene rings is 1. The number of aromatic amines is 1. The molecule has 108 valence electrons. The van der Waals surface area contributed by atoms with Gasteiger partial charge in [-0.3, -0.25) is 9.59 Å². The van der Waals surface area contributed by atoms with Crippen molar-refractivity contribution in [2.75, 3.05) is 5.32 Å². The number of carbonyl (C=O) groups excluding carboxylic acids is 1. The van der Waals surface area contributed by atoms with Gasteiger partial charge < -0.3 is 15.4 Å². The Bertz CT molecular complexity index is 745. The van der Waals surface area contributed by atoms with Crippen LogP contribution in [0.2, 0.25) is 10.0 Å². The molecule has 0 saturated carbocycles. The number of nitrogens with zero attached hydrogens (tertiary/aromatic N) is 1. The first-order chi connectivity index (χ1) is 9.88. The van der Waals surface area contributed by atoms with Crippen LogP contribution in [-0.4, -0.2) is 27.0 Å². The van der Waals surface area contributed by atoms with Crippen molar-refractivity contribution < 1.29 is 14.7 Å². The van der Waals surface area contributed by atoms with Crippen LogP contribution >= 0.6 is 23.2 Å². The minimum Gasteiger partial charge on any atom is -0.478 e. The second kappa shape index (κ2) is 5.94. The molecule has 1 heterocycles. The number of H-pyrrole nitrogens is 1. The SMILES string of the molecule is O=C(O)c1cc(Cl)c(NC(=O)c2c[nH]c(=O)cn2)c(Cl)c1. The van der Waals surface area contributed by atoms with Gasteiger partial charge in [-0.1, -0.05) is 23.2 Å². The van der Waals surface area contributed by atoms with Crippen molar-refractivity contribution in [3.8, 4) is 0 Å². The topological polar surface area (TPSA) is 112 Å². The molecule has 0 fully saturated rings. The third kappa shape index (κ3) is 3.39. The monoisotopic (exact) mass is 327 g/mol. The molecule has 0 bridgehead atoms. The molecule has 0 aliphatic rings. The highest BCUT2D eigenvalue weighted by molar-refractivity contribution is 6.40. The number of carboxylic acid groups (broad SMARTS) is 1. The summed E-state index contributed by atoms with van der Waals surface area (Å²) in [4.78, 5) is 39.6. The van der Waals surface area contributed by atoms with E-state index in [9.17, 15) is 14.4 Å². The third-order valence-electron chi connectivity index (χ3n) is 2.43. The number of nitrogens with one attached hydrogen (secondary N) is 2. The highest BCUT2D eigenvalue weighted by Gasteiger charge is 2.16. The summed E-state index contributed by atoms with van der Waals surface area (Å²) in [6.07, 6.45) is 2.08. The molecule has 0 saturated heterocycles. The Labute approximate surface area is 127 Å². The van der Waals surface area contributed by atoms with Gasteiger partial charge in [0, 0.05) is 6.20 Å². The summed E-state index contributed by atoms with van der Waals surface area (Å²) in [5, 5.41) is 11.2. The molecule has 2 rings (SSSR count). The molecule has 21 heavy (non-hydrogen) atoms. The Balaban J connectivity index is 2.31. The smallest absolute Gasteiger partial charge is 0.335 e. The Hall–Kier alpha value is -2.38. The number of carbonyl (C=O) groups is 2. The van der Waals surface area contributed by atoms with Gasteiger partial charge in [0.2, 0.25) is 0 Å². The fourth-order valence-corrected chi connectivity index (χ4v) is 2.04. The van der Waals surface area contributed by atoms with Crippen LogP contribution in [0.25, 0.3) is 0 Å². The average Bonchev–Trinajstić information content (AvgIpc) is 2.43. The summed E-state index contributed by atoms with van der Waals surface area (Å²) in [6, 6.07) is 2.32. The molecule has 7 nitrogen and oxygen atoms in total. The van der Waals surface area contributed by atoms with E-state index in [0.717, 1.165) is 24.5 Å². The first-order valence-corrected chi connectivity index (χ1v) is 6.22. The minimum atomic E-state index is -1.20. The van der Waals surface area contributed by atoms with Gasteiger partial charge in [-0.2, -0.15) is 0 Å². The molecule has 1 aromatic carbocycles. The summed E-state index contributed by atoms with van der Waals surface area (Å²) >= 11 is 11.8. The second-order valence-corrected chi connectivity index (χ2v) is 4.68. The molecule has 0 atom stereocenters. The standard InChI is InChI=1S/C12H7Cl2N3O4/c13-6-1-5(12(20)21)2-7(14)10(6)17-11(19)8-3-16-9(18)4-15-8/h1-4H,(H,16,18)(H,17,19)(H,20,21). The van der Waals surface area contributed by atoms with Crippen molar-refractivity contribution in [2.45, 2.75) is 0 Å². The van der Waals surface area contributed by atoms with Gasteiger partial charge in [0.1, 0.15) is 5.69 Å². The lowest BCUT2D eigenvalue weighted by atomic mass is 10.2. The van der Waals surface area contributed by atoms with Crippen molar-refractivity contribution in [3.63, 3.8) is 0 Å². The fraction of sp³-hybridized carbons (Fsp3) is 0. The van der Waals surface area contributed by atoms with Crippen molar-refractivity contribution >= 4 is 40.8 Å². The normalized spacial score (nSPS) is 10.2. The Morgan fingerprint density at radius 3 is 2.33 bits per heavy atom. The number of anilines is 1. The van der Waals surface area contributed by atoms with Gasteiger partial charge in [-0.05, 0) is 12.1 Å². The van der Waals surface area contributed by atoms with Gasteiger partial charge in [0.05, 0.1) is 27.5 Å². The zero-order valence-electron chi connectivity index (χ0n) is 10.2. The van der Waals surface area contributed by atoms with E-state index in [2.05, 4.69) is 15.3 Å². The van der Waals surface area contributed by atoms with E-state index in [1.54, 1.807) is 0 Å². The maximum Gasteiger partial charge on any atom is 0.335 e. The largest absolute Gasteiger partial charge is 0.478 e. The number of rotatable bonds is 3. The maximum atomic E-state index is 11.9. The highest BCUT2D eigenvalue weighted by atomic mass is 35.5. The van der Waals surface area contributed by atoms with Crippen LogP contribution in [0.5, 0.6) is 0 Å². The molecule has 0 aliphatic carbocycles. The molecule has 9 heteroatoms. The van der Waals surface area contributed by atoms with Gasteiger partial charge in [-0.15, -0.1) is 0 Å². The summed E-state index contributed by atoms with van der Waals surface area (Å²) in [5.74, 6) is -1.85. The molecule has 3 N–H and O–H groups in total. The van der Waals surface area contributed by atoms with E-state index in [1.807, 2.05) is 0 Å². The summed E-state index contributed by atoms with van der Waals surface area (Å²) < 4.78 is 0. The van der Waals surface area contributed by atoms with E-state index in [4.69, 9.17) is 28.3 Å². The van der Waals surface area contributed by atoms with Gasteiger partial charge in [0.15, 0.2) is 0 Å². The van der Waals surface area contributed by atoms with Crippen LogP contribution in [0.15, 0.2) is 29.3 Å².